The minimum Gasteiger partial charge on any atom is -0.508 e. The van der Waals surface area contributed by atoms with Crippen molar-refractivity contribution in [1.29, 1.82) is 0 Å². The average Bonchev–Trinajstić information content (AvgIpc) is 2.56. The van der Waals surface area contributed by atoms with Gasteiger partial charge in [-0.15, -0.1) is 0 Å². The highest BCUT2D eigenvalue weighted by Gasteiger charge is 2.48. The molecule has 0 fully saturated rings. The topological polar surface area (TPSA) is 101 Å². The van der Waals surface area contributed by atoms with E-state index in [0.717, 1.165) is 0 Å². The summed E-state index contributed by atoms with van der Waals surface area (Å²) in [6.45, 7) is 2.56. The molecule has 2 unspecified atom stereocenters. The van der Waals surface area contributed by atoms with E-state index in [1.54, 1.807) is 30.3 Å². The van der Waals surface area contributed by atoms with Gasteiger partial charge in [-0.2, -0.15) is 0 Å². The highest BCUT2D eigenvalue weighted by atomic mass is 32.2. The summed E-state index contributed by atoms with van der Waals surface area (Å²) in [7, 11) is -3.80. The van der Waals surface area contributed by atoms with Gasteiger partial charge in [-0.1, -0.05) is 30.3 Å². The van der Waals surface area contributed by atoms with E-state index in [4.69, 9.17) is 4.74 Å². The van der Waals surface area contributed by atoms with Crippen LogP contribution in [0.5, 0.6) is 11.5 Å². The van der Waals surface area contributed by atoms with Crippen molar-refractivity contribution in [3.05, 3.63) is 60.2 Å². The molecule has 25 heavy (non-hydrogen) atoms. The number of phenols is 1. The van der Waals surface area contributed by atoms with Gasteiger partial charge in [-0.05, 0) is 43.7 Å². The molecule has 134 valence electrons. The molecule has 0 bridgehead atoms. The minimum absolute atomic E-state index is 0.00544. The number of aromatic hydroxyl groups is 1. The second-order valence-corrected chi connectivity index (χ2v) is 8.26. The Labute approximate surface area is 146 Å². The van der Waals surface area contributed by atoms with Gasteiger partial charge in [0.15, 0.2) is 9.84 Å². The lowest BCUT2D eigenvalue weighted by Gasteiger charge is -2.32. The summed E-state index contributed by atoms with van der Waals surface area (Å²) < 4.78 is 30.9. The van der Waals surface area contributed by atoms with Crippen LogP contribution < -0.4 is 4.74 Å². The zero-order valence-electron chi connectivity index (χ0n) is 13.9. The number of carboxylic acids is 1. The van der Waals surface area contributed by atoms with Crippen LogP contribution in [-0.2, 0) is 20.4 Å². The van der Waals surface area contributed by atoms with Gasteiger partial charge in [0, 0.05) is 0 Å². The maximum Gasteiger partial charge on any atom is 0.349 e. The number of benzene rings is 2. The molecular weight excluding hydrogens is 344 g/mol. The van der Waals surface area contributed by atoms with Gasteiger partial charge in [0.2, 0.25) is 5.60 Å². The van der Waals surface area contributed by atoms with Crippen LogP contribution in [0.15, 0.2) is 54.6 Å². The third kappa shape index (κ3) is 4.30. The SMILES string of the molecule is CC(C(C)(Oc1ccc(O)cc1)C(=O)O)S(=O)(=O)Cc1ccccc1. The van der Waals surface area contributed by atoms with E-state index in [-0.39, 0.29) is 17.3 Å². The van der Waals surface area contributed by atoms with Crippen LogP contribution in [0.1, 0.15) is 19.4 Å². The number of carboxylic acid groups (broad SMARTS) is 1. The first-order chi connectivity index (χ1) is 11.6. The summed E-state index contributed by atoms with van der Waals surface area (Å²) in [5.74, 6) is -1.51. The first-order valence-electron chi connectivity index (χ1n) is 7.62. The molecule has 0 aliphatic rings. The van der Waals surface area contributed by atoms with Crippen molar-refractivity contribution < 1.29 is 28.2 Å². The maximum absolute atomic E-state index is 12.7. The number of aliphatic carboxylic acids is 1. The Balaban J connectivity index is 2.31. The molecule has 0 aliphatic heterocycles. The molecule has 2 rings (SSSR count). The number of hydrogen-bond acceptors (Lipinski definition) is 5. The van der Waals surface area contributed by atoms with Crippen molar-refractivity contribution in [3.8, 4) is 11.5 Å². The smallest absolute Gasteiger partial charge is 0.349 e. The van der Waals surface area contributed by atoms with Gasteiger partial charge in [-0.3, -0.25) is 0 Å². The third-order valence-corrected chi connectivity index (χ3v) is 6.38. The summed E-state index contributed by atoms with van der Waals surface area (Å²) >= 11 is 0. The van der Waals surface area contributed by atoms with Crippen LogP contribution in [-0.4, -0.2) is 35.5 Å². The van der Waals surface area contributed by atoms with Gasteiger partial charge in [-0.25, -0.2) is 13.2 Å². The standard InChI is InChI=1S/C18H20O6S/c1-13(25(22,23)12-14-6-4-3-5-7-14)18(2,17(20)21)24-16-10-8-15(19)9-11-16/h3-11,13,19H,12H2,1-2H3,(H,20,21). The molecule has 0 saturated carbocycles. The third-order valence-electron chi connectivity index (χ3n) is 4.12. The fourth-order valence-electron chi connectivity index (χ4n) is 2.33. The number of carbonyl (C=O) groups is 1. The van der Waals surface area contributed by atoms with Crippen LogP contribution in [0.4, 0.5) is 0 Å². The van der Waals surface area contributed by atoms with E-state index in [1.807, 2.05) is 0 Å². The Morgan fingerprint density at radius 1 is 1.12 bits per heavy atom. The molecule has 0 aromatic heterocycles. The highest BCUT2D eigenvalue weighted by molar-refractivity contribution is 7.91. The Morgan fingerprint density at radius 3 is 2.20 bits per heavy atom. The lowest BCUT2D eigenvalue weighted by Crippen LogP contribution is -2.54. The average molecular weight is 364 g/mol. The Morgan fingerprint density at radius 2 is 1.68 bits per heavy atom. The lowest BCUT2D eigenvalue weighted by atomic mass is 10.0. The van der Waals surface area contributed by atoms with E-state index in [1.165, 1.54) is 38.1 Å². The largest absolute Gasteiger partial charge is 0.508 e. The van der Waals surface area contributed by atoms with Gasteiger partial charge in [0.05, 0.1) is 5.75 Å². The fourth-order valence-corrected chi connectivity index (χ4v) is 4.07. The molecule has 2 N–H and O–H groups in total. The van der Waals surface area contributed by atoms with Crippen LogP contribution in [0.25, 0.3) is 0 Å². The fraction of sp³-hybridized carbons (Fsp3) is 0.278. The maximum atomic E-state index is 12.7. The minimum atomic E-state index is -3.80. The normalized spacial score (nSPS) is 15.1. The first-order valence-corrected chi connectivity index (χ1v) is 9.33. The van der Waals surface area contributed by atoms with E-state index in [2.05, 4.69) is 0 Å². The zero-order valence-corrected chi connectivity index (χ0v) is 14.7. The summed E-state index contributed by atoms with van der Waals surface area (Å²) in [6.07, 6.45) is 0. The summed E-state index contributed by atoms with van der Waals surface area (Å²) in [5, 5.41) is 17.6. The number of phenolic OH excluding ortho intramolecular Hbond substituents is 1. The van der Waals surface area contributed by atoms with Crippen LogP contribution in [0.2, 0.25) is 0 Å². The number of rotatable bonds is 7. The Hall–Kier alpha value is -2.54. The van der Waals surface area contributed by atoms with Crippen molar-refractivity contribution in [2.75, 3.05) is 0 Å². The lowest BCUT2D eigenvalue weighted by molar-refractivity contribution is -0.153. The quantitative estimate of drug-likeness (QED) is 0.783. The van der Waals surface area contributed by atoms with Crippen molar-refractivity contribution >= 4 is 15.8 Å². The predicted molar refractivity (Wildman–Crippen MR) is 93.3 cm³/mol. The molecule has 2 atom stereocenters. The van der Waals surface area contributed by atoms with Crippen molar-refractivity contribution in [2.45, 2.75) is 30.5 Å². The molecule has 0 amide bonds. The Kier molecular flexibility index (Phi) is 5.37. The zero-order chi connectivity index (χ0) is 18.7. The molecular formula is C18H20O6S. The summed E-state index contributed by atoms with van der Waals surface area (Å²) in [4.78, 5) is 11.8. The van der Waals surface area contributed by atoms with Crippen LogP contribution in [0, 0.1) is 0 Å². The monoisotopic (exact) mass is 364 g/mol. The van der Waals surface area contributed by atoms with E-state index < -0.39 is 26.7 Å². The molecule has 0 radical (unpaired) electrons. The van der Waals surface area contributed by atoms with Gasteiger partial charge >= 0.3 is 5.97 Å². The number of hydrogen-bond donors (Lipinski definition) is 2. The molecule has 2 aromatic rings. The molecule has 7 heteroatoms. The van der Waals surface area contributed by atoms with Crippen molar-refractivity contribution in [2.24, 2.45) is 0 Å². The summed E-state index contributed by atoms with van der Waals surface area (Å²) in [5.41, 5.74) is -1.41. The first kappa shape index (κ1) is 18.8. The van der Waals surface area contributed by atoms with Crippen LogP contribution in [0.3, 0.4) is 0 Å². The number of ether oxygens (including phenoxy) is 1. The molecule has 0 spiro atoms. The van der Waals surface area contributed by atoms with Gasteiger partial charge < -0.3 is 14.9 Å². The highest BCUT2D eigenvalue weighted by Crippen LogP contribution is 2.28. The molecule has 0 saturated heterocycles. The molecule has 0 aliphatic carbocycles. The van der Waals surface area contributed by atoms with E-state index in [0.29, 0.717) is 5.56 Å². The molecule has 6 nitrogen and oxygen atoms in total. The molecule has 2 aromatic carbocycles. The van der Waals surface area contributed by atoms with Crippen molar-refractivity contribution in [1.82, 2.24) is 0 Å². The van der Waals surface area contributed by atoms with Crippen LogP contribution >= 0.6 is 0 Å². The molecule has 0 heterocycles. The second-order valence-electron chi connectivity index (χ2n) is 5.94. The Bertz CT molecular complexity index is 830. The summed E-state index contributed by atoms with van der Waals surface area (Å²) in [6, 6.07) is 14.0. The van der Waals surface area contributed by atoms with Crippen molar-refractivity contribution in [3.63, 3.8) is 0 Å². The predicted octanol–water partition coefficient (Wildman–Crippen LogP) is 2.62. The number of sulfone groups is 1. The van der Waals surface area contributed by atoms with Gasteiger partial charge in [0.1, 0.15) is 16.7 Å². The van der Waals surface area contributed by atoms with E-state index in [9.17, 15) is 23.4 Å². The van der Waals surface area contributed by atoms with Gasteiger partial charge in [0.25, 0.3) is 0 Å². The second kappa shape index (κ2) is 7.14. The van der Waals surface area contributed by atoms with E-state index >= 15 is 0 Å².